The van der Waals surface area contributed by atoms with E-state index in [1.165, 1.54) is 36.4 Å². The molecule has 0 radical (unpaired) electrons. The Bertz CT molecular complexity index is 5810. The zero-order valence-electron chi connectivity index (χ0n) is 48.7. The molecule has 36 nitrogen and oxygen atoms in total. The minimum Gasteiger partial charge on any atom is -0.594 e. The Morgan fingerprint density at radius 1 is 0.253 bits per heavy atom. The Balaban J connectivity index is 1.02. The lowest BCUT2D eigenvalue weighted by Gasteiger charge is -2.08. The molecule has 0 atom stereocenters. The molecule has 0 unspecified atom stereocenters. The Morgan fingerprint density at radius 2 is 0.444 bits per heavy atom. The molecule has 0 saturated heterocycles. The molecule has 0 aliphatic heterocycles. The Kier molecular flexibility index (Phi) is 21.1. The van der Waals surface area contributed by atoms with Crippen LogP contribution in [0.4, 0.5) is 45.5 Å². The zero-order valence-corrected chi connectivity index (χ0v) is 54.4. The summed E-state index contributed by atoms with van der Waals surface area (Å²) in [6.45, 7) is 0. The monoisotopic (exact) mass is 1500 g/mol. The fourth-order valence-corrected chi connectivity index (χ4v) is 13.7. The summed E-state index contributed by atoms with van der Waals surface area (Å²) in [4.78, 5) is 13.5. The van der Waals surface area contributed by atoms with Crippen molar-refractivity contribution < 1.29 is 115 Å². The van der Waals surface area contributed by atoms with Crippen molar-refractivity contribution in [1.82, 2.24) is 0 Å². The number of hydrogen-bond donors (Lipinski definition) is 7. The third kappa shape index (κ3) is 18.6. The second kappa shape index (κ2) is 28.3. The lowest BCUT2D eigenvalue weighted by molar-refractivity contribution is -0.435. The van der Waals surface area contributed by atoms with E-state index < -0.39 is 171 Å². The van der Waals surface area contributed by atoms with Gasteiger partial charge >= 0.3 is 0 Å². The summed E-state index contributed by atoms with van der Waals surface area (Å²) >= 11 is 0. The third-order valence-electron chi connectivity index (χ3n) is 13.3. The number of hydrogen-bond acceptors (Lipinski definition) is 24. The third-order valence-corrected chi connectivity index (χ3v) is 19.7. The van der Waals surface area contributed by atoms with E-state index in [0.29, 0.717) is 42.0 Å². The average molecular weight is 1500 g/mol. The highest BCUT2D eigenvalue weighted by Crippen LogP contribution is 2.35. The van der Waals surface area contributed by atoms with Crippen molar-refractivity contribution in [3.05, 3.63) is 232 Å². The highest BCUT2D eigenvalue weighted by Gasteiger charge is 2.26. The van der Waals surface area contributed by atoms with Crippen LogP contribution in [0.2, 0.25) is 0 Å². The van der Waals surface area contributed by atoms with Gasteiger partial charge in [0.1, 0.15) is 51.3 Å². The minimum atomic E-state index is -5.32. The number of rotatable bonds is 23. The van der Waals surface area contributed by atoms with Gasteiger partial charge in [0, 0.05) is 76.0 Å². The van der Waals surface area contributed by atoms with Crippen LogP contribution in [0.5, 0.6) is 0 Å². The molecule has 0 aliphatic carbocycles. The summed E-state index contributed by atoms with van der Waals surface area (Å²) in [6.07, 6.45) is 8.02. The normalized spacial score (nSPS) is 13.5. The van der Waals surface area contributed by atoms with Crippen LogP contribution in [-0.4, -0.2) is 115 Å². The van der Waals surface area contributed by atoms with E-state index in [0.717, 1.165) is 127 Å². The number of nitrogens with zero attached hydrogens (tertiary/aromatic N) is 8. The highest BCUT2D eigenvalue weighted by atomic mass is 32.2. The van der Waals surface area contributed by atoms with E-state index in [2.05, 4.69) is 15.3 Å². The smallest absolute Gasteiger partial charge is 0.295 e. The molecule has 514 valence electrons. The fraction of sp³-hybridized carbons (Fsp3) is 0. The second-order valence-corrected chi connectivity index (χ2v) is 29.7. The first kappa shape index (κ1) is 73.9. The van der Waals surface area contributed by atoms with E-state index >= 15 is 0 Å². The van der Waals surface area contributed by atoms with Gasteiger partial charge in [0.25, 0.3) is 82.2 Å². The average Bonchev–Trinajstić information content (AvgIpc) is 0.807. The number of nitro benzene ring substituents is 2. The van der Waals surface area contributed by atoms with E-state index in [1.807, 2.05) is 0 Å². The predicted molar refractivity (Wildman–Crippen MR) is 345 cm³/mol. The number of azo groups is 3. The molecular formula is C56H40N8O28S7. The van der Waals surface area contributed by atoms with E-state index in [9.17, 15) is 127 Å². The summed E-state index contributed by atoms with van der Waals surface area (Å²) in [5.74, 6) is 0. The van der Waals surface area contributed by atoms with Crippen LogP contribution >= 0.6 is 0 Å². The Morgan fingerprint density at radius 3 is 0.687 bits per heavy atom. The van der Waals surface area contributed by atoms with Gasteiger partial charge in [0.15, 0.2) is 0 Å². The first-order valence-electron chi connectivity index (χ1n) is 26.3. The quantitative estimate of drug-likeness (QED) is 0.00781. The number of nitro groups is 2. The lowest BCUT2D eigenvalue weighted by atomic mass is 10.1. The van der Waals surface area contributed by atoms with E-state index in [-0.39, 0.29) is 42.6 Å². The molecule has 0 saturated carbocycles. The van der Waals surface area contributed by atoms with Crippen LogP contribution in [0.1, 0.15) is 44.5 Å². The van der Waals surface area contributed by atoms with Gasteiger partial charge in [0.2, 0.25) is 17.1 Å². The van der Waals surface area contributed by atoms with Gasteiger partial charge in [0.05, 0.1) is 9.85 Å². The molecule has 43 heteroatoms. The van der Waals surface area contributed by atoms with Gasteiger partial charge in [-0.2, -0.15) is 58.9 Å². The van der Waals surface area contributed by atoms with E-state index in [1.54, 1.807) is 0 Å². The van der Waals surface area contributed by atoms with Crippen molar-refractivity contribution >= 4 is 165 Å². The van der Waals surface area contributed by atoms with Crippen LogP contribution in [0.3, 0.4) is 0 Å². The standard InChI is InChI=1S/C56H40N8O28S7/c65-60(45-21-2-34(3-22-45)1-4-35-16-25-48(63(68)69)32-55(35)98(87,88)89)57-42-18-11-36(50(27-42)93(72,73)74)5-6-37-12-19-43(28-51(37)94(75,76)77)58-61(66)46-23-14-39(53(30-46)96(81,82)83)8-7-38-13-20-44(29-52(38)95(78,79)80)59-62(67)47-24-15-40(54(31-47)97(84,85)86)9-10-41-17-26-49(64(70)71)33-56(41)99(90,91)92/h1-33H,(H,72,73,74)(H,75,76,77)(H,78,79,80)(H,81,82,83)(H,84,85,86)(H,87,88,89)(H,90,91,92)/b4-1+,6-5+,8-7+,10-9+,60-57?,61-58?,62-59?. The van der Waals surface area contributed by atoms with Crippen LogP contribution in [-0.2, 0) is 70.8 Å². The fourth-order valence-electron chi connectivity index (χ4n) is 8.77. The van der Waals surface area contributed by atoms with Gasteiger partial charge < -0.3 is 15.6 Å². The molecule has 8 aromatic rings. The molecule has 8 rings (SSSR count). The largest absolute Gasteiger partial charge is 0.594 e. The molecule has 7 N–H and O–H groups in total. The van der Waals surface area contributed by atoms with Crippen LogP contribution in [0.25, 0.3) is 48.6 Å². The second-order valence-electron chi connectivity index (χ2n) is 19.9. The van der Waals surface area contributed by atoms with Crippen molar-refractivity contribution in [3.8, 4) is 0 Å². The number of non-ortho nitro benzene ring substituents is 2. The van der Waals surface area contributed by atoms with Gasteiger partial charge in [-0.3, -0.25) is 52.1 Å². The van der Waals surface area contributed by atoms with Gasteiger partial charge in [-0.15, -0.1) is 0 Å². The first-order valence-corrected chi connectivity index (χ1v) is 36.4. The van der Waals surface area contributed by atoms with Crippen molar-refractivity contribution in [2.24, 2.45) is 15.3 Å². The maximum atomic E-state index is 13.4. The van der Waals surface area contributed by atoms with Crippen molar-refractivity contribution in [3.63, 3.8) is 0 Å². The molecule has 0 spiro atoms. The molecule has 99 heavy (non-hydrogen) atoms. The van der Waals surface area contributed by atoms with E-state index in [4.69, 9.17) is 0 Å². The lowest BCUT2D eigenvalue weighted by Crippen LogP contribution is -2.04. The molecule has 0 heterocycles. The summed E-state index contributed by atoms with van der Waals surface area (Å²) in [5, 5.41) is 73.1. The van der Waals surface area contributed by atoms with Gasteiger partial charge in [-0.1, -0.05) is 81.4 Å². The summed E-state index contributed by atoms with van der Waals surface area (Å²) < 4.78 is 244. The van der Waals surface area contributed by atoms with Crippen LogP contribution in [0.15, 0.2) is 201 Å². The zero-order chi connectivity index (χ0) is 73.1. The predicted octanol–water partition coefficient (Wildman–Crippen LogP) is 10.7. The Hall–Kier alpha value is -10.9. The molecule has 0 aliphatic rings. The topological polar surface area (TPSA) is 582 Å². The Labute approximate surface area is 558 Å². The summed E-state index contributed by atoms with van der Waals surface area (Å²) in [6, 6.07) is 23.1. The maximum Gasteiger partial charge on any atom is 0.295 e. The maximum absolute atomic E-state index is 13.4. The van der Waals surface area contributed by atoms with Crippen molar-refractivity contribution in [1.29, 1.82) is 0 Å². The summed E-state index contributed by atoms with van der Waals surface area (Å²) in [5.41, 5.74) is -6.44. The van der Waals surface area contributed by atoms with Crippen molar-refractivity contribution in [2.45, 2.75) is 34.3 Å². The number of benzene rings is 8. The van der Waals surface area contributed by atoms with Crippen LogP contribution < -0.4 is 0 Å². The molecular weight excluding hydrogens is 1460 g/mol. The van der Waals surface area contributed by atoms with Crippen LogP contribution in [0, 0.1) is 35.9 Å². The molecule has 8 aromatic carbocycles. The molecule has 0 fully saturated rings. The minimum absolute atomic E-state index is 0.0535. The summed E-state index contributed by atoms with van der Waals surface area (Å²) in [7, 11) is -36.2. The van der Waals surface area contributed by atoms with Crippen molar-refractivity contribution in [2.75, 3.05) is 0 Å². The molecule has 0 amide bonds. The highest BCUT2D eigenvalue weighted by molar-refractivity contribution is 7.87. The SMILES string of the molecule is O=[N+]([O-])c1ccc(/C=C/c2ccc([N+]([O-])=Nc3ccc(/C=C/c4ccc(N=[N+]([O-])c5ccc(/C=C/c6ccc(N=[N+]([O-])c7ccc(/C=C/c8ccc([N+](=O)[O-])cc8S(=O)(=O)O)c(S(=O)(=O)O)c7)cc6S(=O)(=O)O)c(S(=O)(=O)O)c5)cc4S(=O)(=O)O)c(S(=O)(=O)O)c3)cc2)c(S(=O)(=O)O)c1. The van der Waals surface area contributed by atoms with Gasteiger partial charge in [-0.05, 0) is 117 Å². The first-order chi connectivity index (χ1) is 45.8. The molecule has 0 bridgehead atoms. The van der Waals surface area contributed by atoms with Gasteiger partial charge in [-0.25, -0.2) is 0 Å². The molecule has 0 aromatic heterocycles.